The maximum atomic E-state index is 12.7. The zero-order valence-electron chi connectivity index (χ0n) is 16.5. The maximum Gasteiger partial charge on any atom is 0.257 e. The normalized spacial score (nSPS) is 10.7. The van der Waals surface area contributed by atoms with E-state index in [-0.39, 0.29) is 5.91 Å². The number of carbonyl (C=O) groups excluding carboxylic acids is 1. The number of benzene rings is 2. The first-order valence-electron chi connectivity index (χ1n) is 8.85. The number of aromatic nitrogens is 2. The number of nitrogens with one attached hydrogen (secondary N) is 1. The zero-order valence-corrected chi connectivity index (χ0v) is 18.1. The van der Waals surface area contributed by atoms with Crippen LogP contribution in [0.25, 0.3) is 0 Å². The Morgan fingerprint density at radius 2 is 1.79 bits per heavy atom. The number of amides is 1. The summed E-state index contributed by atoms with van der Waals surface area (Å²) in [5, 5.41) is 8.24. The highest BCUT2D eigenvalue weighted by atomic mass is 35.5. The Balaban J connectivity index is 1.84. The number of halogens is 2. The molecule has 29 heavy (non-hydrogen) atoms. The molecule has 0 aliphatic carbocycles. The molecule has 2 aromatic carbocycles. The topological polar surface area (TPSA) is 65.4 Å². The van der Waals surface area contributed by atoms with Crippen molar-refractivity contribution < 1.29 is 14.3 Å². The average molecular weight is 434 g/mol. The van der Waals surface area contributed by atoms with Crippen molar-refractivity contribution in [1.82, 2.24) is 9.78 Å². The van der Waals surface area contributed by atoms with Crippen LogP contribution in [0.1, 0.15) is 27.3 Å². The summed E-state index contributed by atoms with van der Waals surface area (Å²) in [6, 6.07) is 10.5. The largest absolute Gasteiger partial charge is 0.493 e. The number of methoxy groups -OCH3 is 2. The predicted molar refractivity (Wildman–Crippen MR) is 115 cm³/mol. The maximum absolute atomic E-state index is 12.7. The van der Waals surface area contributed by atoms with Crippen molar-refractivity contribution in [1.29, 1.82) is 0 Å². The molecule has 0 fully saturated rings. The van der Waals surface area contributed by atoms with Gasteiger partial charge in [-0.3, -0.25) is 9.48 Å². The second-order valence-corrected chi connectivity index (χ2v) is 7.31. The van der Waals surface area contributed by atoms with Crippen LogP contribution in [-0.4, -0.2) is 29.9 Å². The molecule has 0 aliphatic rings. The number of ether oxygens (including phenoxy) is 2. The molecule has 0 radical (unpaired) electrons. The van der Waals surface area contributed by atoms with Gasteiger partial charge < -0.3 is 14.8 Å². The van der Waals surface area contributed by atoms with Crippen LogP contribution in [0, 0.1) is 13.8 Å². The minimum Gasteiger partial charge on any atom is -0.493 e. The van der Waals surface area contributed by atoms with Gasteiger partial charge in [-0.1, -0.05) is 29.3 Å². The molecular weight excluding hydrogens is 413 g/mol. The van der Waals surface area contributed by atoms with Gasteiger partial charge in [0.25, 0.3) is 5.91 Å². The fourth-order valence-electron chi connectivity index (χ4n) is 3.04. The number of carbonyl (C=O) groups is 1. The number of nitrogens with zero attached hydrogens (tertiary/aromatic N) is 2. The van der Waals surface area contributed by atoms with Crippen LogP contribution >= 0.6 is 23.2 Å². The van der Waals surface area contributed by atoms with E-state index in [9.17, 15) is 4.79 Å². The van der Waals surface area contributed by atoms with E-state index < -0.39 is 0 Å². The van der Waals surface area contributed by atoms with Crippen LogP contribution in [0.15, 0.2) is 36.4 Å². The van der Waals surface area contributed by atoms with Gasteiger partial charge in [0.2, 0.25) is 0 Å². The summed E-state index contributed by atoms with van der Waals surface area (Å²) < 4.78 is 12.5. The van der Waals surface area contributed by atoms with Gasteiger partial charge in [-0.2, -0.15) is 5.10 Å². The first kappa shape index (κ1) is 21.0. The molecule has 152 valence electrons. The Kier molecular flexibility index (Phi) is 6.35. The Hall–Kier alpha value is -2.70. The summed E-state index contributed by atoms with van der Waals surface area (Å²) >= 11 is 12.1. The molecule has 3 rings (SSSR count). The summed E-state index contributed by atoms with van der Waals surface area (Å²) in [7, 11) is 3.20. The standard InChI is InChI=1S/C21H21Cl2N3O3/c1-12-20(24-21(27)16-7-6-15(22)10-17(16)23)13(2)26(25-12)11-14-5-8-18(28-3)19(9-14)29-4/h5-10H,11H2,1-4H3,(H,24,27). The highest BCUT2D eigenvalue weighted by molar-refractivity contribution is 6.37. The van der Waals surface area contributed by atoms with E-state index in [1.54, 1.807) is 26.4 Å². The van der Waals surface area contributed by atoms with Gasteiger partial charge in [-0.15, -0.1) is 0 Å². The first-order valence-corrected chi connectivity index (χ1v) is 9.61. The van der Waals surface area contributed by atoms with E-state index in [2.05, 4.69) is 10.4 Å². The number of aryl methyl sites for hydroxylation is 1. The SMILES string of the molecule is COc1ccc(Cn2nc(C)c(NC(=O)c3ccc(Cl)cc3Cl)c2C)cc1OC. The lowest BCUT2D eigenvalue weighted by molar-refractivity contribution is 0.102. The quantitative estimate of drug-likeness (QED) is 0.585. The van der Waals surface area contributed by atoms with Crippen LogP contribution in [0.5, 0.6) is 11.5 Å². The van der Waals surface area contributed by atoms with Gasteiger partial charge in [0, 0.05) is 5.02 Å². The van der Waals surface area contributed by atoms with E-state index in [0.717, 1.165) is 11.3 Å². The third-order valence-corrected chi connectivity index (χ3v) is 5.12. The van der Waals surface area contributed by atoms with Crippen molar-refractivity contribution >= 4 is 34.8 Å². The molecule has 0 aliphatic heterocycles. The lowest BCUT2D eigenvalue weighted by Gasteiger charge is -2.11. The zero-order chi connectivity index (χ0) is 21.1. The first-order chi connectivity index (χ1) is 13.8. The summed E-state index contributed by atoms with van der Waals surface area (Å²) in [4.78, 5) is 12.7. The highest BCUT2D eigenvalue weighted by Gasteiger charge is 2.18. The van der Waals surface area contributed by atoms with Crippen molar-refractivity contribution in [3.05, 3.63) is 69.0 Å². The van der Waals surface area contributed by atoms with Crippen molar-refractivity contribution in [2.45, 2.75) is 20.4 Å². The third-order valence-electron chi connectivity index (χ3n) is 4.58. The molecule has 1 aromatic heterocycles. The monoisotopic (exact) mass is 433 g/mol. The van der Waals surface area contributed by atoms with E-state index >= 15 is 0 Å². The van der Waals surface area contributed by atoms with Crippen LogP contribution in [0.2, 0.25) is 10.0 Å². The van der Waals surface area contributed by atoms with Crippen LogP contribution in [-0.2, 0) is 6.54 Å². The van der Waals surface area contributed by atoms with Crippen molar-refractivity contribution in [3.63, 3.8) is 0 Å². The highest BCUT2D eigenvalue weighted by Crippen LogP contribution is 2.29. The van der Waals surface area contributed by atoms with Crippen LogP contribution < -0.4 is 14.8 Å². The van der Waals surface area contributed by atoms with Gasteiger partial charge in [-0.05, 0) is 49.7 Å². The molecule has 0 saturated heterocycles. The summed E-state index contributed by atoms with van der Waals surface area (Å²) in [5.41, 5.74) is 3.54. The fourth-order valence-corrected chi connectivity index (χ4v) is 3.53. The van der Waals surface area contributed by atoms with Crippen molar-refractivity contribution in [3.8, 4) is 11.5 Å². The third kappa shape index (κ3) is 4.49. The average Bonchev–Trinajstić information content (AvgIpc) is 2.95. The predicted octanol–water partition coefficient (Wildman–Crippen LogP) is 5.12. The van der Waals surface area contributed by atoms with Crippen molar-refractivity contribution in [2.24, 2.45) is 0 Å². The van der Waals surface area contributed by atoms with Gasteiger partial charge in [0.15, 0.2) is 11.5 Å². The molecule has 1 N–H and O–H groups in total. The Bertz CT molecular complexity index is 1060. The van der Waals surface area contributed by atoms with Crippen LogP contribution in [0.4, 0.5) is 5.69 Å². The molecule has 1 amide bonds. The number of rotatable bonds is 6. The number of hydrogen-bond acceptors (Lipinski definition) is 4. The minimum absolute atomic E-state index is 0.294. The molecule has 0 saturated carbocycles. The molecule has 6 nitrogen and oxygen atoms in total. The lowest BCUT2D eigenvalue weighted by atomic mass is 10.2. The molecule has 3 aromatic rings. The number of anilines is 1. The van der Waals surface area contributed by atoms with Crippen LogP contribution in [0.3, 0.4) is 0 Å². The van der Waals surface area contributed by atoms with Gasteiger partial charge in [-0.25, -0.2) is 0 Å². The summed E-state index contributed by atoms with van der Waals surface area (Å²) in [5.74, 6) is 0.999. The molecule has 8 heteroatoms. The summed E-state index contributed by atoms with van der Waals surface area (Å²) in [6.45, 7) is 4.27. The van der Waals surface area contributed by atoms with Crippen molar-refractivity contribution in [2.75, 3.05) is 19.5 Å². The molecule has 0 bridgehead atoms. The number of hydrogen-bond donors (Lipinski definition) is 1. The lowest BCUT2D eigenvalue weighted by Crippen LogP contribution is -2.14. The molecular formula is C21H21Cl2N3O3. The minimum atomic E-state index is -0.316. The van der Waals surface area contributed by atoms with Gasteiger partial charge in [0.1, 0.15) is 0 Å². The second-order valence-electron chi connectivity index (χ2n) is 6.47. The van der Waals surface area contributed by atoms with E-state index in [1.807, 2.05) is 36.7 Å². The molecule has 1 heterocycles. The summed E-state index contributed by atoms with van der Waals surface area (Å²) in [6.07, 6.45) is 0. The van der Waals surface area contributed by atoms with E-state index in [4.69, 9.17) is 32.7 Å². The van der Waals surface area contributed by atoms with Gasteiger partial charge in [0.05, 0.1) is 48.4 Å². The van der Waals surface area contributed by atoms with Gasteiger partial charge >= 0.3 is 0 Å². The molecule has 0 spiro atoms. The molecule has 0 unspecified atom stereocenters. The Morgan fingerprint density at radius 3 is 2.45 bits per heavy atom. The Morgan fingerprint density at radius 1 is 1.07 bits per heavy atom. The Labute approximate surface area is 179 Å². The second kappa shape index (κ2) is 8.76. The smallest absolute Gasteiger partial charge is 0.257 e. The molecule has 0 atom stereocenters. The van der Waals surface area contributed by atoms with E-state index in [0.29, 0.717) is 45.0 Å². The van der Waals surface area contributed by atoms with E-state index in [1.165, 1.54) is 6.07 Å². The fraction of sp³-hybridized carbons (Fsp3) is 0.238.